The smallest absolute Gasteiger partial charge is 0.312 e. The summed E-state index contributed by atoms with van der Waals surface area (Å²) in [5.41, 5.74) is 3.54. The molecule has 0 aliphatic rings. The molecule has 120 valence electrons. The highest BCUT2D eigenvalue weighted by molar-refractivity contribution is 5.95. The number of ether oxygens (including phenoxy) is 1. The molecule has 0 amide bonds. The maximum absolute atomic E-state index is 11.6. The van der Waals surface area contributed by atoms with Gasteiger partial charge in [0.1, 0.15) is 0 Å². The maximum Gasteiger partial charge on any atom is 0.312 e. The third kappa shape index (κ3) is 4.19. The van der Waals surface area contributed by atoms with Crippen molar-refractivity contribution in [2.24, 2.45) is 0 Å². The van der Waals surface area contributed by atoms with Gasteiger partial charge in [0.2, 0.25) is 0 Å². The Labute approximate surface area is 136 Å². The van der Waals surface area contributed by atoms with E-state index in [1.807, 2.05) is 55.5 Å². The summed E-state index contributed by atoms with van der Waals surface area (Å²) < 4.78 is 4.75. The lowest BCUT2D eigenvalue weighted by Gasteiger charge is -2.12. The lowest BCUT2D eigenvalue weighted by atomic mass is 10.0. The highest BCUT2D eigenvalue weighted by Gasteiger charge is 2.15. The Morgan fingerprint density at radius 2 is 1.74 bits per heavy atom. The van der Waals surface area contributed by atoms with Gasteiger partial charge < -0.3 is 10.1 Å². The number of methoxy groups -OCH3 is 1. The molecule has 0 bridgehead atoms. The number of ketones is 1. The van der Waals surface area contributed by atoms with Crippen molar-refractivity contribution < 1.29 is 14.3 Å². The van der Waals surface area contributed by atoms with Gasteiger partial charge in [0.25, 0.3) is 0 Å². The van der Waals surface area contributed by atoms with E-state index in [9.17, 15) is 9.59 Å². The second-order valence-corrected chi connectivity index (χ2v) is 5.43. The number of benzene rings is 2. The summed E-state index contributed by atoms with van der Waals surface area (Å²) in [6, 6.07) is 15.2. The summed E-state index contributed by atoms with van der Waals surface area (Å²) in [5.74, 6) is -0.474. The van der Waals surface area contributed by atoms with Gasteiger partial charge in [0.05, 0.1) is 13.0 Å². The van der Waals surface area contributed by atoms with Crippen molar-refractivity contribution >= 4 is 17.4 Å². The van der Waals surface area contributed by atoms with E-state index in [1.165, 1.54) is 7.11 Å². The molecule has 1 N–H and O–H groups in total. The summed E-state index contributed by atoms with van der Waals surface area (Å²) >= 11 is 0. The van der Waals surface area contributed by atoms with Crippen LogP contribution in [0.1, 0.15) is 41.3 Å². The highest BCUT2D eigenvalue weighted by atomic mass is 16.5. The van der Waals surface area contributed by atoms with Gasteiger partial charge in [-0.05, 0) is 37.1 Å². The van der Waals surface area contributed by atoms with Crippen molar-refractivity contribution in [1.82, 2.24) is 0 Å². The maximum atomic E-state index is 11.6. The van der Waals surface area contributed by atoms with Gasteiger partial charge in [-0.3, -0.25) is 9.59 Å². The Bertz CT molecular complexity index is 692. The van der Waals surface area contributed by atoms with E-state index < -0.39 is 0 Å². The van der Waals surface area contributed by atoms with Gasteiger partial charge in [-0.25, -0.2) is 0 Å². The molecule has 2 aromatic carbocycles. The van der Waals surface area contributed by atoms with E-state index in [-0.39, 0.29) is 17.7 Å². The van der Waals surface area contributed by atoms with Crippen LogP contribution in [0.2, 0.25) is 0 Å². The summed E-state index contributed by atoms with van der Waals surface area (Å²) in [4.78, 5) is 23.2. The van der Waals surface area contributed by atoms with E-state index in [0.29, 0.717) is 6.54 Å². The molecule has 0 saturated carbocycles. The number of hydrogen-bond acceptors (Lipinski definition) is 4. The van der Waals surface area contributed by atoms with Gasteiger partial charge in [-0.2, -0.15) is 0 Å². The van der Waals surface area contributed by atoms with E-state index in [2.05, 4.69) is 5.32 Å². The average molecular weight is 311 g/mol. The second kappa shape index (κ2) is 7.58. The zero-order chi connectivity index (χ0) is 16.8. The lowest BCUT2D eigenvalue weighted by molar-refractivity contribution is -0.141. The monoisotopic (exact) mass is 311 g/mol. The number of anilines is 1. The molecule has 0 aliphatic heterocycles. The first-order valence-corrected chi connectivity index (χ1v) is 7.53. The minimum absolute atomic E-state index is 0.0599. The molecule has 1 atom stereocenters. The molecule has 4 heteroatoms. The molecule has 2 rings (SSSR count). The van der Waals surface area contributed by atoms with Crippen molar-refractivity contribution in [3.05, 3.63) is 65.2 Å². The van der Waals surface area contributed by atoms with Gasteiger partial charge in [0.15, 0.2) is 5.78 Å². The van der Waals surface area contributed by atoms with Crippen molar-refractivity contribution in [2.75, 3.05) is 12.4 Å². The number of hydrogen-bond donors (Lipinski definition) is 1. The molecule has 1 unspecified atom stereocenters. The molecule has 0 heterocycles. The van der Waals surface area contributed by atoms with Crippen LogP contribution in [0.25, 0.3) is 0 Å². The molecule has 23 heavy (non-hydrogen) atoms. The third-order valence-corrected chi connectivity index (χ3v) is 3.85. The number of carbonyl (C=O) groups is 2. The molecule has 0 saturated heterocycles. The molecular formula is C19H21NO3. The van der Waals surface area contributed by atoms with Gasteiger partial charge in [0, 0.05) is 17.8 Å². The number of Topliss-reactive ketones (excluding diaryl/α,β-unsaturated/α-hetero) is 1. The first kappa shape index (κ1) is 16.7. The van der Waals surface area contributed by atoms with E-state index in [1.54, 1.807) is 6.92 Å². The third-order valence-electron chi connectivity index (χ3n) is 3.85. The Morgan fingerprint density at radius 3 is 2.35 bits per heavy atom. The van der Waals surface area contributed by atoms with E-state index in [4.69, 9.17) is 4.74 Å². The zero-order valence-electron chi connectivity index (χ0n) is 13.6. The van der Waals surface area contributed by atoms with Crippen LogP contribution < -0.4 is 5.32 Å². The molecule has 0 spiro atoms. The Morgan fingerprint density at radius 1 is 1.09 bits per heavy atom. The molecule has 0 aromatic heterocycles. The molecule has 2 aromatic rings. The Hall–Kier alpha value is -2.62. The fraction of sp³-hybridized carbons (Fsp3) is 0.263. The van der Waals surface area contributed by atoms with Crippen LogP contribution in [0.4, 0.5) is 5.69 Å². The van der Waals surface area contributed by atoms with E-state index >= 15 is 0 Å². The van der Waals surface area contributed by atoms with Crippen LogP contribution >= 0.6 is 0 Å². The molecule has 0 fully saturated rings. The van der Waals surface area contributed by atoms with Crippen LogP contribution in [0, 0.1) is 0 Å². The fourth-order valence-electron chi connectivity index (χ4n) is 2.42. The van der Waals surface area contributed by atoms with Crippen LogP contribution in [0.3, 0.4) is 0 Å². The predicted molar refractivity (Wildman–Crippen MR) is 90.6 cm³/mol. The number of carbonyl (C=O) groups excluding carboxylic acids is 2. The normalized spacial score (nSPS) is 11.6. The Kier molecular flexibility index (Phi) is 5.52. The molecular weight excluding hydrogens is 290 g/mol. The number of esters is 1. The number of nitrogens with one attached hydrogen (secondary N) is 1. The average Bonchev–Trinajstić information content (AvgIpc) is 2.59. The summed E-state index contributed by atoms with van der Waals surface area (Å²) in [5, 5.41) is 3.30. The van der Waals surface area contributed by atoms with Gasteiger partial charge in [-0.1, -0.05) is 36.4 Å². The van der Waals surface area contributed by atoms with Crippen LogP contribution in [-0.2, 0) is 16.1 Å². The largest absolute Gasteiger partial charge is 0.469 e. The summed E-state index contributed by atoms with van der Waals surface area (Å²) in [6.45, 7) is 3.96. The first-order chi connectivity index (χ1) is 11.0. The van der Waals surface area contributed by atoms with Crippen molar-refractivity contribution in [3.8, 4) is 0 Å². The first-order valence-electron chi connectivity index (χ1n) is 7.53. The standard InChI is InChI=1S/C19H21NO3/c1-13(19(22)23-3)15-8-10-17(11-9-15)20-12-16-6-4-5-7-18(16)14(2)21/h4-11,13,20H,12H2,1-3H3. The summed E-state index contributed by atoms with van der Waals surface area (Å²) in [6.07, 6.45) is 0. The lowest BCUT2D eigenvalue weighted by Crippen LogP contribution is -2.10. The van der Waals surface area contributed by atoms with Crippen molar-refractivity contribution in [2.45, 2.75) is 26.3 Å². The summed E-state index contributed by atoms with van der Waals surface area (Å²) in [7, 11) is 1.39. The molecule has 0 radical (unpaired) electrons. The quantitative estimate of drug-likeness (QED) is 0.651. The van der Waals surface area contributed by atoms with Crippen molar-refractivity contribution in [1.29, 1.82) is 0 Å². The van der Waals surface area contributed by atoms with Crippen LogP contribution in [0.15, 0.2) is 48.5 Å². The van der Waals surface area contributed by atoms with Crippen molar-refractivity contribution in [3.63, 3.8) is 0 Å². The van der Waals surface area contributed by atoms with Crippen LogP contribution in [0.5, 0.6) is 0 Å². The fourth-order valence-corrected chi connectivity index (χ4v) is 2.42. The second-order valence-electron chi connectivity index (χ2n) is 5.43. The van der Waals surface area contributed by atoms with E-state index in [0.717, 1.165) is 22.4 Å². The zero-order valence-corrected chi connectivity index (χ0v) is 13.6. The minimum Gasteiger partial charge on any atom is -0.469 e. The minimum atomic E-state index is -0.285. The Balaban J connectivity index is 2.05. The molecule has 4 nitrogen and oxygen atoms in total. The van der Waals surface area contributed by atoms with Gasteiger partial charge >= 0.3 is 5.97 Å². The molecule has 0 aliphatic carbocycles. The topological polar surface area (TPSA) is 55.4 Å². The highest BCUT2D eigenvalue weighted by Crippen LogP contribution is 2.20. The van der Waals surface area contributed by atoms with Gasteiger partial charge in [-0.15, -0.1) is 0 Å². The number of rotatable bonds is 6. The predicted octanol–water partition coefficient (Wildman–Crippen LogP) is 3.78. The van der Waals surface area contributed by atoms with Crippen LogP contribution in [-0.4, -0.2) is 18.9 Å². The SMILES string of the molecule is COC(=O)C(C)c1ccc(NCc2ccccc2C(C)=O)cc1.